The highest BCUT2D eigenvalue weighted by Gasteiger charge is 2.03. The number of benzene rings is 1. The predicted molar refractivity (Wildman–Crippen MR) is 49.9 cm³/mol. The van der Waals surface area contributed by atoms with Crippen LogP contribution in [0.5, 0.6) is 5.75 Å². The summed E-state index contributed by atoms with van der Waals surface area (Å²) in [7, 11) is 1.53. The van der Waals surface area contributed by atoms with Gasteiger partial charge in [0.05, 0.1) is 23.8 Å². The summed E-state index contributed by atoms with van der Waals surface area (Å²) >= 11 is 0. The number of imidazole rings is 1. The lowest BCUT2D eigenvalue weighted by Crippen LogP contribution is -1.99. The van der Waals surface area contributed by atoms with Crippen LogP contribution in [0.3, 0.4) is 0 Å². The lowest BCUT2D eigenvalue weighted by Gasteiger charge is -2.02. The van der Waals surface area contributed by atoms with Gasteiger partial charge < -0.3 is 20.4 Å². The van der Waals surface area contributed by atoms with Crippen LogP contribution < -0.4 is 16.2 Å². The Labute approximate surface area is 73.5 Å². The Morgan fingerprint density at radius 3 is 2.54 bits per heavy atom. The number of nitrogens with one attached hydrogen (secondary N) is 2. The van der Waals surface area contributed by atoms with E-state index in [4.69, 9.17) is 10.5 Å². The first-order valence-electron chi connectivity index (χ1n) is 3.76. The van der Waals surface area contributed by atoms with Gasteiger partial charge in [-0.3, -0.25) is 0 Å². The number of hydrogen-bond acceptors (Lipinski definition) is 3. The summed E-state index contributed by atoms with van der Waals surface area (Å²) in [6.45, 7) is 0. The molecule has 0 aliphatic rings. The van der Waals surface area contributed by atoms with Crippen LogP contribution in [0, 0.1) is 0 Å². The van der Waals surface area contributed by atoms with Crippen molar-refractivity contribution < 1.29 is 4.74 Å². The minimum Gasteiger partial charge on any atom is -0.495 e. The fourth-order valence-corrected chi connectivity index (χ4v) is 1.26. The molecule has 0 unspecified atom stereocenters. The molecule has 0 fully saturated rings. The van der Waals surface area contributed by atoms with Gasteiger partial charge in [-0.1, -0.05) is 0 Å². The van der Waals surface area contributed by atoms with Gasteiger partial charge >= 0.3 is 5.69 Å². The molecule has 4 N–H and O–H groups in total. The number of fused-ring (bicyclic) bond motifs is 1. The van der Waals surface area contributed by atoms with Gasteiger partial charge in [-0.05, 0) is 6.07 Å². The molecule has 0 atom stereocenters. The molecule has 1 aromatic heterocycles. The number of H-pyrrole nitrogens is 2. The van der Waals surface area contributed by atoms with Gasteiger partial charge in [0.25, 0.3) is 0 Å². The molecule has 1 heterocycles. The van der Waals surface area contributed by atoms with E-state index in [-0.39, 0.29) is 5.69 Å². The fourth-order valence-electron chi connectivity index (χ4n) is 1.26. The Morgan fingerprint density at radius 2 is 1.92 bits per heavy atom. The van der Waals surface area contributed by atoms with Crippen LogP contribution >= 0.6 is 0 Å². The minimum absolute atomic E-state index is 0.248. The average molecular weight is 179 g/mol. The first-order valence-corrected chi connectivity index (χ1v) is 3.76. The second-order valence-corrected chi connectivity index (χ2v) is 2.72. The van der Waals surface area contributed by atoms with E-state index in [0.717, 1.165) is 0 Å². The van der Waals surface area contributed by atoms with E-state index in [0.29, 0.717) is 22.5 Å². The number of aromatic nitrogens is 2. The summed E-state index contributed by atoms with van der Waals surface area (Å²) < 4.78 is 5.00. The highest BCUT2D eigenvalue weighted by atomic mass is 16.5. The van der Waals surface area contributed by atoms with Crippen molar-refractivity contribution >= 4 is 16.7 Å². The maximum Gasteiger partial charge on any atom is 0.323 e. The molecule has 0 aliphatic heterocycles. The second-order valence-electron chi connectivity index (χ2n) is 2.72. The highest BCUT2D eigenvalue weighted by molar-refractivity contribution is 5.81. The van der Waals surface area contributed by atoms with Crippen molar-refractivity contribution in [2.75, 3.05) is 12.8 Å². The summed E-state index contributed by atoms with van der Waals surface area (Å²) in [5, 5.41) is 0. The zero-order valence-corrected chi connectivity index (χ0v) is 7.05. The Balaban J connectivity index is 2.80. The van der Waals surface area contributed by atoms with Gasteiger partial charge in [0, 0.05) is 6.07 Å². The largest absolute Gasteiger partial charge is 0.495 e. The SMILES string of the molecule is COc1cc2[nH]c(=O)[nH]c2cc1N. The van der Waals surface area contributed by atoms with Crippen LogP contribution in [0.25, 0.3) is 11.0 Å². The molecule has 2 rings (SSSR count). The van der Waals surface area contributed by atoms with E-state index in [9.17, 15) is 4.79 Å². The van der Waals surface area contributed by atoms with Crippen molar-refractivity contribution in [3.63, 3.8) is 0 Å². The molecule has 0 saturated heterocycles. The Kier molecular flexibility index (Phi) is 1.51. The van der Waals surface area contributed by atoms with Gasteiger partial charge in [0.15, 0.2) is 0 Å². The maximum atomic E-state index is 10.9. The third kappa shape index (κ3) is 1.14. The van der Waals surface area contributed by atoms with Gasteiger partial charge in [0.1, 0.15) is 5.75 Å². The molecule has 0 bridgehead atoms. The van der Waals surface area contributed by atoms with Crippen molar-refractivity contribution in [3.8, 4) is 5.75 Å². The van der Waals surface area contributed by atoms with Crippen molar-refractivity contribution in [2.24, 2.45) is 0 Å². The number of aromatic amines is 2. The van der Waals surface area contributed by atoms with E-state index in [2.05, 4.69) is 9.97 Å². The van der Waals surface area contributed by atoms with Crippen LogP contribution in [0.4, 0.5) is 5.69 Å². The van der Waals surface area contributed by atoms with E-state index in [1.54, 1.807) is 12.1 Å². The zero-order valence-electron chi connectivity index (χ0n) is 7.05. The molecule has 0 spiro atoms. The molecule has 5 nitrogen and oxygen atoms in total. The molecule has 13 heavy (non-hydrogen) atoms. The minimum atomic E-state index is -0.248. The quantitative estimate of drug-likeness (QED) is 0.555. The number of nitrogens with two attached hydrogens (primary N) is 1. The lowest BCUT2D eigenvalue weighted by atomic mass is 10.2. The maximum absolute atomic E-state index is 10.9. The van der Waals surface area contributed by atoms with Crippen LogP contribution in [-0.2, 0) is 0 Å². The van der Waals surface area contributed by atoms with E-state index < -0.39 is 0 Å². The van der Waals surface area contributed by atoms with Gasteiger partial charge in [-0.2, -0.15) is 0 Å². The molecular weight excluding hydrogens is 170 g/mol. The van der Waals surface area contributed by atoms with Crippen molar-refractivity contribution in [1.29, 1.82) is 0 Å². The lowest BCUT2D eigenvalue weighted by molar-refractivity contribution is 0.417. The topological polar surface area (TPSA) is 83.9 Å². The summed E-state index contributed by atoms with van der Waals surface area (Å²) in [4.78, 5) is 16.1. The summed E-state index contributed by atoms with van der Waals surface area (Å²) in [5.41, 5.74) is 7.28. The molecule has 1 aromatic carbocycles. The monoisotopic (exact) mass is 179 g/mol. The first kappa shape index (κ1) is 7.72. The standard InChI is InChI=1S/C8H9N3O2/c1-13-7-3-6-5(2-4(7)9)10-8(12)11-6/h2-3H,9H2,1H3,(H2,10,11,12). The molecule has 0 aliphatic carbocycles. The first-order chi connectivity index (χ1) is 6.20. The molecule has 0 radical (unpaired) electrons. The zero-order chi connectivity index (χ0) is 9.42. The molecule has 5 heteroatoms. The summed E-state index contributed by atoms with van der Waals surface area (Å²) in [6, 6.07) is 3.34. The number of nitrogen functional groups attached to an aromatic ring is 1. The van der Waals surface area contributed by atoms with E-state index in [1.165, 1.54) is 7.11 Å². The third-order valence-corrected chi connectivity index (χ3v) is 1.87. The normalized spacial score (nSPS) is 10.5. The van der Waals surface area contributed by atoms with Gasteiger partial charge in [-0.25, -0.2) is 4.79 Å². The van der Waals surface area contributed by atoms with Crippen LogP contribution in [0.2, 0.25) is 0 Å². The van der Waals surface area contributed by atoms with E-state index in [1.807, 2.05) is 0 Å². The smallest absolute Gasteiger partial charge is 0.323 e. The van der Waals surface area contributed by atoms with Gasteiger partial charge in [0.2, 0.25) is 0 Å². The molecule has 68 valence electrons. The van der Waals surface area contributed by atoms with Crippen LogP contribution in [0.1, 0.15) is 0 Å². The number of rotatable bonds is 1. The fraction of sp³-hybridized carbons (Fsp3) is 0.125. The van der Waals surface area contributed by atoms with Crippen LogP contribution in [-0.4, -0.2) is 17.1 Å². The molecule has 2 aromatic rings. The molecule has 0 amide bonds. The Hall–Kier alpha value is -1.91. The molecular formula is C8H9N3O2. The van der Waals surface area contributed by atoms with Crippen molar-refractivity contribution in [1.82, 2.24) is 9.97 Å². The number of anilines is 1. The van der Waals surface area contributed by atoms with Gasteiger partial charge in [-0.15, -0.1) is 0 Å². The predicted octanol–water partition coefficient (Wildman–Crippen LogP) is 0.447. The van der Waals surface area contributed by atoms with Crippen molar-refractivity contribution in [3.05, 3.63) is 22.6 Å². The van der Waals surface area contributed by atoms with Crippen LogP contribution in [0.15, 0.2) is 16.9 Å². The number of methoxy groups -OCH3 is 1. The summed E-state index contributed by atoms with van der Waals surface area (Å²) in [5.74, 6) is 0.558. The van der Waals surface area contributed by atoms with Crippen molar-refractivity contribution in [2.45, 2.75) is 0 Å². The summed E-state index contributed by atoms with van der Waals surface area (Å²) in [6.07, 6.45) is 0. The Morgan fingerprint density at radius 1 is 1.31 bits per heavy atom. The number of hydrogen-bond donors (Lipinski definition) is 3. The third-order valence-electron chi connectivity index (χ3n) is 1.87. The highest BCUT2D eigenvalue weighted by Crippen LogP contribution is 2.24. The molecule has 0 saturated carbocycles. The van der Waals surface area contributed by atoms with E-state index >= 15 is 0 Å². The second kappa shape index (κ2) is 2.55. The number of ether oxygens (including phenoxy) is 1. The Bertz CT molecular complexity index is 498. The average Bonchev–Trinajstić information content (AvgIpc) is 2.42.